The Morgan fingerprint density at radius 3 is 1.41 bits per heavy atom. The lowest BCUT2D eigenvalue weighted by Crippen LogP contribution is -2.49. The molecule has 4 nitrogen and oxygen atoms in total. The van der Waals surface area contributed by atoms with Gasteiger partial charge in [0.15, 0.2) is 21.8 Å². The van der Waals surface area contributed by atoms with Crippen molar-refractivity contribution in [1.82, 2.24) is 0 Å². The van der Waals surface area contributed by atoms with Crippen molar-refractivity contribution >= 4 is 29.7 Å². The van der Waals surface area contributed by atoms with Gasteiger partial charge in [-0.1, -0.05) is 39.1 Å². The van der Waals surface area contributed by atoms with Crippen LogP contribution in [0.2, 0.25) is 18.4 Å². The summed E-state index contributed by atoms with van der Waals surface area (Å²) in [6, 6.07) is 0. The Bertz CT molecular complexity index is 420. The molecule has 1 unspecified atom stereocenters. The van der Waals surface area contributed by atoms with Crippen LogP contribution in [0, 0.1) is 5.41 Å². The maximum absolute atomic E-state index is 6.47. The minimum Gasteiger partial charge on any atom is -0.384 e. The Labute approximate surface area is 185 Å². The molecule has 0 aliphatic carbocycles. The first kappa shape index (κ1) is 29.1. The van der Waals surface area contributed by atoms with Crippen LogP contribution in [0.15, 0.2) is 0 Å². The fourth-order valence-corrected chi connectivity index (χ4v) is 3.99. The zero-order chi connectivity index (χ0) is 22.8. The highest BCUT2D eigenvalue weighted by Gasteiger charge is 2.38. The van der Waals surface area contributed by atoms with E-state index in [1.807, 2.05) is 0 Å². The summed E-state index contributed by atoms with van der Waals surface area (Å²) in [5.41, 5.74) is -0.272. The summed E-state index contributed by atoms with van der Waals surface area (Å²) in [5.74, 6) is 0. The van der Waals surface area contributed by atoms with Gasteiger partial charge in [0.25, 0.3) is 0 Å². The van der Waals surface area contributed by atoms with Crippen molar-refractivity contribution in [2.45, 2.75) is 97.2 Å². The maximum Gasteiger partial charge on any atom is 0.160 e. The molecule has 0 amide bonds. The van der Waals surface area contributed by atoms with Gasteiger partial charge in [0, 0.05) is 23.6 Å². The smallest absolute Gasteiger partial charge is 0.160 e. The molecule has 0 heterocycles. The first-order chi connectivity index (χ1) is 13.2. The third-order valence-electron chi connectivity index (χ3n) is 5.36. The average Bonchev–Trinajstić information content (AvgIpc) is 2.55. The predicted molar refractivity (Wildman–Crippen MR) is 135 cm³/mol. The van der Waals surface area contributed by atoms with Gasteiger partial charge in [-0.2, -0.15) is 0 Å². The second-order valence-electron chi connectivity index (χ2n) is 11.2. The molecule has 0 bridgehead atoms. The van der Waals surface area contributed by atoms with Crippen molar-refractivity contribution in [3.05, 3.63) is 0 Å². The third-order valence-corrected chi connectivity index (χ3v) is 5.36. The summed E-state index contributed by atoms with van der Waals surface area (Å²) in [6.45, 7) is 21.9. The molecule has 0 fully saturated rings. The van der Waals surface area contributed by atoms with Crippen LogP contribution in [0.4, 0.5) is 0 Å². The van der Waals surface area contributed by atoms with E-state index in [9.17, 15) is 0 Å². The summed E-state index contributed by atoms with van der Waals surface area (Å²) in [6.07, 6.45) is 2.20. The lowest BCUT2D eigenvalue weighted by Gasteiger charge is -2.40. The predicted octanol–water partition coefficient (Wildman–Crippen LogP) is 2.46. The summed E-state index contributed by atoms with van der Waals surface area (Å²) in [5, 5.41) is 0. The summed E-state index contributed by atoms with van der Waals surface area (Å²) < 4.78 is 25.0. The number of hydrogen-bond acceptors (Lipinski definition) is 4. The normalized spacial score (nSPS) is 14.6. The standard InChI is InChI=1S/C21H48B4O4/c1-11-23-18(4,5)27-14-21(13-26-10,15-28-19(6,7)24-12-2)16-29-20(8,9)25-17(3)22/h17,23-25H,11-16,22H2,1-10H3. The number of rotatable bonds is 17. The summed E-state index contributed by atoms with van der Waals surface area (Å²) in [4.78, 5) is 0. The van der Waals surface area contributed by atoms with Crippen LogP contribution in [-0.4, -0.2) is 79.7 Å². The molecular weight excluding hydrogens is 359 g/mol. The second-order valence-corrected chi connectivity index (χ2v) is 11.2. The lowest BCUT2D eigenvalue weighted by atomic mass is 9.47. The molecule has 0 aromatic rings. The Morgan fingerprint density at radius 1 is 0.724 bits per heavy atom. The van der Waals surface area contributed by atoms with Gasteiger partial charge in [-0.25, -0.2) is 0 Å². The molecule has 0 aliphatic rings. The molecule has 29 heavy (non-hydrogen) atoms. The molecule has 0 aromatic heterocycles. The van der Waals surface area contributed by atoms with E-state index in [1.54, 1.807) is 7.11 Å². The Morgan fingerprint density at radius 2 is 1.10 bits per heavy atom. The quantitative estimate of drug-likeness (QED) is 0.347. The molecule has 0 spiro atoms. The van der Waals surface area contributed by atoms with Gasteiger partial charge >= 0.3 is 0 Å². The minimum absolute atomic E-state index is 0.167. The molecule has 0 aromatic carbocycles. The molecule has 0 radical (unpaired) electrons. The van der Waals surface area contributed by atoms with E-state index >= 15 is 0 Å². The van der Waals surface area contributed by atoms with Crippen LogP contribution in [0.3, 0.4) is 0 Å². The van der Waals surface area contributed by atoms with Crippen molar-refractivity contribution in [3.8, 4) is 0 Å². The van der Waals surface area contributed by atoms with Crippen LogP contribution in [0.5, 0.6) is 0 Å². The highest BCUT2D eigenvalue weighted by Crippen LogP contribution is 2.28. The van der Waals surface area contributed by atoms with Gasteiger partial charge in [-0.3, -0.25) is 0 Å². The lowest BCUT2D eigenvalue weighted by molar-refractivity contribution is -0.142. The van der Waals surface area contributed by atoms with E-state index in [0.29, 0.717) is 32.1 Å². The monoisotopic (exact) mass is 408 g/mol. The van der Waals surface area contributed by atoms with Crippen molar-refractivity contribution < 1.29 is 18.9 Å². The number of hydrogen-bond donors (Lipinski definition) is 0. The van der Waals surface area contributed by atoms with E-state index in [1.165, 1.54) is 0 Å². The van der Waals surface area contributed by atoms with Crippen LogP contribution >= 0.6 is 0 Å². The largest absolute Gasteiger partial charge is 0.384 e. The maximum atomic E-state index is 6.47. The fraction of sp³-hybridized carbons (Fsp3) is 1.00. The zero-order valence-electron chi connectivity index (χ0n) is 21.6. The second kappa shape index (κ2) is 12.8. The van der Waals surface area contributed by atoms with Gasteiger partial charge < -0.3 is 18.9 Å². The molecule has 0 N–H and O–H groups in total. The Kier molecular flexibility index (Phi) is 12.9. The van der Waals surface area contributed by atoms with Crippen molar-refractivity contribution in [2.75, 3.05) is 33.5 Å². The summed E-state index contributed by atoms with van der Waals surface area (Å²) in [7, 11) is 7.05. The number of ether oxygens (including phenoxy) is 4. The zero-order valence-corrected chi connectivity index (χ0v) is 21.6. The van der Waals surface area contributed by atoms with E-state index in [0.717, 1.165) is 34.5 Å². The molecular formula is C21H48B4O4. The highest BCUT2D eigenvalue weighted by atomic mass is 16.5. The van der Waals surface area contributed by atoms with Gasteiger partial charge in [0.05, 0.1) is 39.7 Å². The van der Waals surface area contributed by atoms with E-state index in [2.05, 4.69) is 70.2 Å². The Balaban J connectivity index is 5.45. The van der Waals surface area contributed by atoms with Gasteiger partial charge in [0.1, 0.15) is 0 Å². The topological polar surface area (TPSA) is 36.9 Å². The van der Waals surface area contributed by atoms with Crippen LogP contribution in [0.25, 0.3) is 0 Å². The van der Waals surface area contributed by atoms with E-state index < -0.39 is 0 Å². The number of methoxy groups -OCH3 is 1. The van der Waals surface area contributed by atoms with Gasteiger partial charge in [-0.15, -0.1) is 0 Å². The van der Waals surface area contributed by atoms with Crippen molar-refractivity contribution in [2.24, 2.45) is 5.41 Å². The van der Waals surface area contributed by atoms with Crippen molar-refractivity contribution in [1.29, 1.82) is 0 Å². The van der Waals surface area contributed by atoms with E-state index in [4.69, 9.17) is 18.9 Å². The van der Waals surface area contributed by atoms with Crippen molar-refractivity contribution in [3.63, 3.8) is 0 Å². The van der Waals surface area contributed by atoms with Crippen LogP contribution in [0.1, 0.15) is 62.3 Å². The third kappa shape index (κ3) is 13.2. The molecule has 1 atom stereocenters. The van der Waals surface area contributed by atoms with Crippen LogP contribution in [-0.2, 0) is 18.9 Å². The molecule has 168 valence electrons. The molecule has 8 heteroatoms. The molecule has 0 rings (SSSR count). The highest BCUT2D eigenvalue weighted by molar-refractivity contribution is 6.52. The average molecular weight is 408 g/mol. The fourth-order valence-electron chi connectivity index (χ4n) is 3.99. The minimum atomic E-state index is -0.334. The SMILES string of the molecule is BC(C)BC(C)(C)OCC(COC)(COC(C)(C)BCC)COC(C)(C)BCC. The van der Waals surface area contributed by atoms with Crippen LogP contribution < -0.4 is 0 Å². The molecule has 0 saturated carbocycles. The molecule has 0 saturated heterocycles. The van der Waals surface area contributed by atoms with Gasteiger partial charge in [0.2, 0.25) is 0 Å². The first-order valence-electron chi connectivity index (χ1n) is 11.6. The van der Waals surface area contributed by atoms with Gasteiger partial charge in [-0.05, 0) is 41.5 Å². The molecule has 0 aliphatic heterocycles. The Hall–Kier alpha value is 0.0997. The first-order valence-corrected chi connectivity index (χ1v) is 11.6. The van der Waals surface area contributed by atoms with E-state index in [-0.39, 0.29) is 21.9 Å². The summed E-state index contributed by atoms with van der Waals surface area (Å²) >= 11 is 0.